The molecule has 0 saturated carbocycles. The van der Waals surface area contributed by atoms with E-state index in [1.54, 1.807) is 13.0 Å². The van der Waals surface area contributed by atoms with Crippen molar-refractivity contribution in [2.45, 2.75) is 24.7 Å². The summed E-state index contributed by atoms with van der Waals surface area (Å²) in [5.74, 6) is 0.122. The highest BCUT2D eigenvalue weighted by molar-refractivity contribution is 9.10. The first kappa shape index (κ1) is 20.4. The second-order valence-electron chi connectivity index (χ2n) is 5.54. The molecule has 9 heteroatoms. The summed E-state index contributed by atoms with van der Waals surface area (Å²) >= 11 is 3.23. The van der Waals surface area contributed by atoms with E-state index in [1.807, 2.05) is 0 Å². The van der Waals surface area contributed by atoms with Gasteiger partial charge in [0, 0.05) is 16.6 Å². The van der Waals surface area contributed by atoms with Gasteiger partial charge in [-0.1, -0.05) is 15.9 Å². The third kappa shape index (κ3) is 5.42. The number of nitrogens with two attached hydrogens (primary N) is 1. The summed E-state index contributed by atoms with van der Waals surface area (Å²) in [6, 6.07) is 3.02. The van der Waals surface area contributed by atoms with Crippen molar-refractivity contribution in [1.29, 1.82) is 0 Å². The fraction of sp³-hybridized carbons (Fsp3) is 0.500. The maximum absolute atomic E-state index is 12.4. The number of nitrogens with one attached hydrogen (secondary N) is 2. The molecule has 1 fully saturated rings. The molecule has 130 valence electrons. The average molecular weight is 427 g/mol. The molecule has 23 heavy (non-hydrogen) atoms. The molecule has 1 aliphatic rings. The lowest BCUT2D eigenvalue weighted by atomic mass is 9.99. The first-order valence-electron chi connectivity index (χ1n) is 7.11. The van der Waals surface area contributed by atoms with Crippen LogP contribution in [0.3, 0.4) is 0 Å². The molecule has 1 aliphatic heterocycles. The van der Waals surface area contributed by atoms with Crippen molar-refractivity contribution in [2.75, 3.05) is 19.6 Å². The van der Waals surface area contributed by atoms with Gasteiger partial charge in [-0.2, -0.15) is 0 Å². The molecule has 1 aromatic rings. The second-order valence-corrected chi connectivity index (χ2v) is 7.99. The maximum Gasteiger partial charge on any atom is 0.251 e. The van der Waals surface area contributed by atoms with Gasteiger partial charge in [0.2, 0.25) is 10.0 Å². The first-order valence-corrected chi connectivity index (χ1v) is 9.45. The molecular formula is C14H21BrClN3O3S. The van der Waals surface area contributed by atoms with Gasteiger partial charge in [-0.15, -0.1) is 12.4 Å². The normalized spacial score (nSPS) is 18.1. The number of sulfonamides is 1. The Morgan fingerprint density at radius 2 is 2.17 bits per heavy atom. The Morgan fingerprint density at radius 3 is 2.74 bits per heavy atom. The van der Waals surface area contributed by atoms with Gasteiger partial charge in [-0.25, -0.2) is 13.6 Å². The number of benzene rings is 1. The summed E-state index contributed by atoms with van der Waals surface area (Å²) in [6.07, 6.45) is 2.18. The molecule has 1 amide bonds. The van der Waals surface area contributed by atoms with Gasteiger partial charge in [0.05, 0.1) is 4.90 Å². The SMILES string of the molecule is Cc1c(C(=O)NCC2CCCNC2)cc(Br)cc1S(N)(=O)=O.Cl. The van der Waals surface area contributed by atoms with Gasteiger partial charge in [0.1, 0.15) is 0 Å². The van der Waals surface area contributed by atoms with E-state index >= 15 is 0 Å². The largest absolute Gasteiger partial charge is 0.352 e. The fourth-order valence-corrected chi connectivity index (χ4v) is 4.05. The van der Waals surface area contributed by atoms with E-state index in [9.17, 15) is 13.2 Å². The van der Waals surface area contributed by atoms with Gasteiger partial charge in [-0.3, -0.25) is 4.79 Å². The first-order chi connectivity index (χ1) is 10.3. The van der Waals surface area contributed by atoms with E-state index in [0.717, 1.165) is 25.9 Å². The number of piperidine rings is 1. The third-order valence-electron chi connectivity index (χ3n) is 3.83. The number of rotatable bonds is 4. The number of primary sulfonamides is 1. The fourth-order valence-electron chi connectivity index (χ4n) is 2.62. The Balaban J connectivity index is 0.00000264. The van der Waals surface area contributed by atoms with Crippen LogP contribution in [0.25, 0.3) is 0 Å². The van der Waals surface area contributed by atoms with E-state index in [4.69, 9.17) is 5.14 Å². The Morgan fingerprint density at radius 1 is 1.48 bits per heavy atom. The van der Waals surface area contributed by atoms with E-state index in [0.29, 0.717) is 28.1 Å². The zero-order chi connectivity index (χ0) is 16.3. The van der Waals surface area contributed by atoms with Crippen molar-refractivity contribution in [3.8, 4) is 0 Å². The van der Waals surface area contributed by atoms with Crippen molar-refractivity contribution < 1.29 is 13.2 Å². The predicted octanol–water partition coefficient (Wildman–Crippen LogP) is 1.56. The molecule has 1 heterocycles. The zero-order valence-electron chi connectivity index (χ0n) is 12.8. The minimum absolute atomic E-state index is 0. The number of amides is 1. The van der Waals surface area contributed by atoms with Gasteiger partial charge in [0.25, 0.3) is 5.91 Å². The molecule has 0 aliphatic carbocycles. The van der Waals surface area contributed by atoms with Crippen LogP contribution in [-0.2, 0) is 10.0 Å². The van der Waals surface area contributed by atoms with E-state index in [2.05, 4.69) is 26.6 Å². The summed E-state index contributed by atoms with van der Waals surface area (Å²) in [7, 11) is -3.87. The molecule has 4 N–H and O–H groups in total. The summed E-state index contributed by atoms with van der Waals surface area (Å²) in [5.41, 5.74) is 0.687. The maximum atomic E-state index is 12.4. The summed E-state index contributed by atoms with van der Waals surface area (Å²) in [6.45, 7) is 4.07. The van der Waals surface area contributed by atoms with Crippen molar-refractivity contribution >= 4 is 44.3 Å². The third-order valence-corrected chi connectivity index (χ3v) is 5.32. The standard InChI is InChI=1S/C14H20BrN3O3S.ClH/c1-9-12(5-11(15)6-13(9)22(16,20)21)14(19)18-8-10-3-2-4-17-7-10;/h5-6,10,17H,2-4,7-8H2,1H3,(H,18,19)(H2,16,20,21);1H. The Hall–Kier alpha value is -0.670. The Labute approximate surface area is 151 Å². The zero-order valence-corrected chi connectivity index (χ0v) is 16.0. The van der Waals surface area contributed by atoms with Crippen LogP contribution in [0.5, 0.6) is 0 Å². The van der Waals surface area contributed by atoms with E-state index in [1.165, 1.54) is 6.07 Å². The smallest absolute Gasteiger partial charge is 0.251 e. The second kappa shape index (κ2) is 8.43. The Kier molecular flexibility index (Phi) is 7.47. The molecule has 1 aromatic carbocycles. The van der Waals surface area contributed by atoms with Crippen LogP contribution in [0.15, 0.2) is 21.5 Å². The van der Waals surface area contributed by atoms with Gasteiger partial charge in [0.15, 0.2) is 0 Å². The molecule has 1 atom stereocenters. The number of carbonyl (C=O) groups is 1. The van der Waals surface area contributed by atoms with Crippen molar-refractivity contribution in [3.63, 3.8) is 0 Å². The lowest BCUT2D eigenvalue weighted by Crippen LogP contribution is -2.38. The van der Waals surface area contributed by atoms with E-state index < -0.39 is 10.0 Å². The molecule has 0 radical (unpaired) electrons. The van der Waals surface area contributed by atoms with Crippen molar-refractivity contribution in [3.05, 3.63) is 27.7 Å². The number of hydrogen-bond donors (Lipinski definition) is 3. The highest BCUT2D eigenvalue weighted by atomic mass is 79.9. The summed E-state index contributed by atoms with van der Waals surface area (Å²) in [4.78, 5) is 12.3. The molecule has 2 rings (SSSR count). The van der Waals surface area contributed by atoms with Crippen LogP contribution < -0.4 is 15.8 Å². The molecule has 6 nitrogen and oxygen atoms in total. The van der Waals surface area contributed by atoms with Gasteiger partial charge < -0.3 is 10.6 Å². The lowest BCUT2D eigenvalue weighted by molar-refractivity contribution is 0.0944. The van der Waals surface area contributed by atoms with Crippen LogP contribution in [0, 0.1) is 12.8 Å². The predicted molar refractivity (Wildman–Crippen MR) is 95.4 cm³/mol. The van der Waals surface area contributed by atoms with Crippen LogP contribution >= 0.6 is 28.3 Å². The monoisotopic (exact) mass is 425 g/mol. The molecule has 0 aromatic heterocycles. The highest BCUT2D eigenvalue weighted by Gasteiger charge is 2.20. The summed E-state index contributed by atoms with van der Waals surface area (Å²) < 4.78 is 23.7. The number of hydrogen-bond acceptors (Lipinski definition) is 4. The molecule has 1 saturated heterocycles. The van der Waals surface area contributed by atoms with E-state index in [-0.39, 0.29) is 23.2 Å². The van der Waals surface area contributed by atoms with Gasteiger partial charge >= 0.3 is 0 Å². The average Bonchev–Trinajstić information content (AvgIpc) is 2.46. The molecule has 0 spiro atoms. The van der Waals surface area contributed by atoms with Crippen LogP contribution in [0.2, 0.25) is 0 Å². The van der Waals surface area contributed by atoms with Gasteiger partial charge in [-0.05, 0) is 56.5 Å². The quantitative estimate of drug-likeness (QED) is 0.680. The number of halogens is 2. The Bertz CT molecular complexity index is 676. The van der Waals surface area contributed by atoms with Crippen LogP contribution in [-0.4, -0.2) is 34.0 Å². The number of carbonyl (C=O) groups excluding carboxylic acids is 1. The molecular weight excluding hydrogens is 406 g/mol. The topological polar surface area (TPSA) is 101 Å². The molecule has 0 bridgehead atoms. The van der Waals surface area contributed by atoms with Crippen LogP contribution in [0.1, 0.15) is 28.8 Å². The van der Waals surface area contributed by atoms with Crippen molar-refractivity contribution in [1.82, 2.24) is 10.6 Å². The van der Waals surface area contributed by atoms with Crippen molar-refractivity contribution in [2.24, 2.45) is 11.1 Å². The highest BCUT2D eigenvalue weighted by Crippen LogP contribution is 2.24. The minimum atomic E-state index is -3.87. The minimum Gasteiger partial charge on any atom is -0.352 e. The van der Waals surface area contributed by atoms with Crippen LogP contribution in [0.4, 0.5) is 0 Å². The molecule has 1 unspecified atom stereocenters. The summed E-state index contributed by atoms with van der Waals surface area (Å²) in [5, 5.41) is 11.4. The lowest BCUT2D eigenvalue weighted by Gasteiger charge is -2.23.